The van der Waals surface area contributed by atoms with E-state index >= 15 is 0 Å². The van der Waals surface area contributed by atoms with Gasteiger partial charge in [0.15, 0.2) is 0 Å². The lowest BCUT2D eigenvalue weighted by atomic mass is 9.84. The molecule has 2 amide bonds. The molecule has 0 spiro atoms. The Morgan fingerprint density at radius 3 is 2.00 bits per heavy atom. The van der Waals surface area contributed by atoms with Crippen molar-refractivity contribution in [1.29, 1.82) is 0 Å². The van der Waals surface area contributed by atoms with Gasteiger partial charge in [-0.25, -0.2) is 17.8 Å². The van der Waals surface area contributed by atoms with Crippen LogP contribution in [0.25, 0.3) is 0 Å². The molecule has 15 heteroatoms. The average molecular weight is 719 g/mol. The zero-order valence-corrected chi connectivity index (χ0v) is 29.7. The number of unbranched alkanes of at least 4 members (excludes halogenated alkanes) is 1. The van der Waals surface area contributed by atoms with Gasteiger partial charge in [-0.2, -0.15) is 4.31 Å². The molecule has 2 atom stereocenters. The first kappa shape index (κ1) is 39.7. The number of amides is 2. The number of carbonyl (C=O) groups excluding carboxylic acids is 2. The highest BCUT2D eigenvalue weighted by Gasteiger charge is 2.35. The Labute approximate surface area is 288 Å². The SMILES string of the molecule is CCOC(=O)N[C@H](C(=O)NCCCC[C@@H](COP(=O)(O)O)N(CC(C)C)S(=O)(=O)c1ccc(N)cc1)C(c1ccccc1)c1ccccc1. The van der Waals surface area contributed by atoms with Gasteiger partial charge in [0.25, 0.3) is 0 Å². The first-order valence-electron chi connectivity index (χ1n) is 16.1. The number of nitrogens with zero attached hydrogens (tertiary/aromatic N) is 1. The Bertz CT molecular complexity index is 1580. The van der Waals surface area contributed by atoms with Crippen molar-refractivity contribution in [3.63, 3.8) is 0 Å². The topological polar surface area (TPSA) is 198 Å². The van der Waals surface area contributed by atoms with Crippen LogP contribution in [0.15, 0.2) is 89.8 Å². The van der Waals surface area contributed by atoms with E-state index in [1.807, 2.05) is 74.5 Å². The van der Waals surface area contributed by atoms with Crippen molar-refractivity contribution in [3.05, 3.63) is 96.1 Å². The Morgan fingerprint density at radius 1 is 0.918 bits per heavy atom. The number of phosphoric ester groups is 1. The van der Waals surface area contributed by atoms with E-state index in [0.29, 0.717) is 18.5 Å². The van der Waals surface area contributed by atoms with Crippen molar-refractivity contribution in [2.24, 2.45) is 5.92 Å². The summed E-state index contributed by atoms with van der Waals surface area (Å²) in [6.45, 7) is 5.16. The number of rotatable bonds is 19. The fourth-order valence-electron chi connectivity index (χ4n) is 5.40. The maximum Gasteiger partial charge on any atom is 0.469 e. The molecule has 0 aliphatic heterocycles. The summed E-state index contributed by atoms with van der Waals surface area (Å²) in [5.74, 6) is -1.10. The van der Waals surface area contributed by atoms with Crippen molar-refractivity contribution in [2.75, 3.05) is 32.0 Å². The number of nitrogens with one attached hydrogen (secondary N) is 2. The van der Waals surface area contributed by atoms with Crippen LogP contribution in [0.5, 0.6) is 0 Å². The molecule has 0 aliphatic rings. The molecule has 0 unspecified atom stereocenters. The third-order valence-electron chi connectivity index (χ3n) is 7.62. The van der Waals surface area contributed by atoms with E-state index in [0.717, 1.165) is 11.1 Å². The fourth-order valence-corrected chi connectivity index (χ4v) is 7.57. The Hall–Kier alpha value is -3.78. The average Bonchev–Trinajstić information content (AvgIpc) is 3.05. The maximum atomic E-state index is 13.8. The van der Waals surface area contributed by atoms with Crippen LogP contribution < -0.4 is 16.4 Å². The van der Waals surface area contributed by atoms with Crippen LogP contribution in [0.1, 0.15) is 57.1 Å². The number of hydrogen-bond acceptors (Lipinski definition) is 8. The molecule has 0 bridgehead atoms. The Balaban J connectivity index is 1.79. The molecule has 3 aromatic carbocycles. The number of ether oxygens (including phenoxy) is 1. The van der Waals surface area contributed by atoms with E-state index in [-0.39, 0.29) is 36.9 Å². The third-order valence-corrected chi connectivity index (χ3v) is 10.0. The number of nitrogen functional groups attached to an aromatic ring is 1. The molecule has 0 saturated carbocycles. The second-order valence-electron chi connectivity index (χ2n) is 11.9. The first-order valence-corrected chi connectivity index (χ1v) is 19.1. The van der Waals surface area contributed by atoms with Crippen molar-refractivity contribution in [3.8, 4) is 0 Å². The lowest BCUT2D eigenvalue weighted by molar-refractivity contribution is -0.123. The molecule has 0 fully saturated rings. The minimum Gasteiger partial charge on any atom is -0.450 e. The van der Waals surface area contributed by atoms with Gasteiger partial charge < -0.3 is 30.9 Å². The normalized spacial score (nSPS) is 13.3. The summed E-state index contributed by atoms with van der Waals surface area (Å²) in [6, 6.07) is 22.4. The molecule has 0 saturated heterocycles. The number of phosphoric acid groups is 1. The summed E-state index contributed by atoms with van der Waals surface area (Å²) >= 11 is 0. The van der Waals surface area contributed by atoms with Crippen LogP contribution in [-0.2, 0) is 28.6 Å². The Morgan fingerprint density at radius 2 is 1.49 bits per heavy atom. The molecular weight excluding hydrogens is 671 g/mol. The van der Waals surface area contributed by atoms with Crippen LogP contribution >= 0.6 is 7.82 Å². The van der Waals surface area contributed by atoms with E-state index in [1.165, 1.54) is 28.6 Å². The fraction of sp³-hybridized carbons (Fsp3) is 0.412. The lowest BCUT2D eigenvalue weighted by Crippen LogP contribution is -2.50. The highest BCUT2D eigenvalue weighted by atomic mass is 32.2. The second-order valence-corrected chi connectivity index (χ2v) is 15.0. The highest BCUT2D eigenvalue weighted by molar-refractivity contribution is 7.89. The highest BCUT2D eigenvalue weighted by Crippen LogP contribution is 2.37. The number of anilines is 1. The monoisotopic (exact) mass is 718 g/mol. The van der Waals surface area contributed by atoms with Gasteiger partial charge in [-0.15, -0.1) is 0 Å². The smallest absolute Gasteiger partial charge is 0.450 e. The van der Waals surface area contributed by atoms with Gasteiger partial charge >= 0.3 is 13.9 Å². The minimum absolute atomic E-state index is 0.0117. The second kappa shape index (κ2) is 18.8. The van der Waals surface area contributed by atoms with Crippen LogP contribution in [0.4, 0.5) is 10.5 Å². The quantitative estimate of drug-likeness (QED) is 0.0662. The van der Waals surface area contributed by atoms with E-state index in [2.05, 4.69) is 10.6 Å². The predicted molar refractivity (Wildman–Crippen MR) is 187 cm³/mol. The number of hydrogen-bond donors (Lipinski definition) is 5. The van der Waals surface area contributed by atoms with Crippen molar-refractivity contribution in [1.82, 2.24) is 14.9 Å². The van der Waals surface area contributed by atoms with Gasteiger partial charge in [0.05, 0.1) is 18.1 Å². The van der Waals surface area contributed by atoms with Gasteiger partial charge in [-0.1, -0.05) is 80.9 Å². The summed E-state index contributed by atoms with van der Waals surface area (Å²) in [6.07, 6.45) is 0.207. The number of alkyl carbamates (subject to hydrolysis) is 1. The summed E-state index contributed by atoms with van der Waals surface area (Å²) in [5, 5.41) is 5.62. The van der Waals surface area contributed by atoms with E-state index < -0.39 is 54.5 Å². The zero-order valence-electron chi connectivity index (χ0n) is 28.0. The standard InChI is InChI=1S/C34H47N4O9PS/c1-4-46-34(40)37-32(31(26-13-7-5-8-14-26)27-15-9-6-10-16-27)33(39)36-22-12-11-17-29(24-47-48(41,42)43)38(23-25(2)3)49(44,45)30-20-18-28(35)19-21-30/h5-10,13-16,18-21,25,29,31-32H,4,11-12,17,22-24,35H2,1-3H3,(H,36,39)(H,37,40)(H2,41,42,43)/t29-,32-/m0/s1. The summed E-state index contributed by atoms with van der Waals surface area (Å²) in [5.41, 5.74) is 7.77. The Kier molecular flexibility index (Phi) is 15.2. The van der Waals surface area contributed by atoms with E-state index in [9.17, 15) is 32.4 Å². The van der Waals surface area contributed by atoms with E-state index in [1.54, 1.807) is 6.92 Å². The molecule has 0 aromatic heterocycles. The number of carbonyl (C=O) groups is 2. The van der Waals surface area contributed by atoms with Crippen molar-refractivity contribution in [2.45, 2.75) is 62.9 Å². The zero-order chi connectivity index (χ0) is 36.0. The predicted octanol–water partition coefficient (Wildman–Crippen LogP) is 4.63. The number of nitrogens with two attached hydrogens (primary N) is 1. The molecule has 0 radical (unpaired) electrons. The van der Waals surface area contributed by atoms with Gasteiger partial charge in [0, 0.05) is 30.7 Å². The van der Waals surface area contributed by atoms with Gasteiger partial charge in [0.2, 0.25) is 15.9 Å². The van der Waals surface area contributed by atoms with Gasteiger partial charge in [0.1, 0.15) is 6.04 Å². The molecule has 0 aliphatic carbocycles. The molecule has 6 N–H and O–H groups in total. The summed E-state index contributed by atoms with van der Waals surface area (Å²) in [7, 11) is -9.01. The van der Waals surface area contributed by atoms with Crippen LogP contribution in [0.3, 0.4) is 0 Å². The molecule has 0 heterocycles. The molecule has 3 rings (SSSR count). The maximum absolute atomic E-state index is 13.8. The van der Waals surface area contributed by atoms with E-state index in [4.69, 9.17) is 15.0 Å². The van der Waals surface area contributed by atoms with Crippen LogP contribution in [0, 0.1) is 5.92 Å². The van der Waals surface area contributed by atoms with Gasteiger partial charge in [-0.3, -0.25) is 9.32 Å². The number of benzene rings is 3. The first-order chi connectivity index (χ1) is 23.2. The minimum atomic E-state index is -4.91. The van der Waals surface area contributed by atoms with Gasteiger partial charge in [-0.05, 0) is 61.1 Å². The molecule has 268 valence electrons. The summed E-state index contributed by atoms with van der Waals surface area (Å²) in [4.78, 5) is 45.2. The molecule has 3 aromatic rings. The largest absolute Gasteiger partial charge is 0.469 e. The van der Waals surface area contributed by atoms with Crippen molar-refractivity contribution >= 4 is 35.5 Å². The van der Waals surface area contributed by atoms with Crippen LogP contribution in [0.2, 0.25) is 0 Å². The summed E-state index contributed by atoms with van der Waals surface area (Å²) < 4.78 is 50.3. The third kappa shape index (κ3) is 12.6. The molecule has 49 heavy (non-hydrogen) atoms. The molecular formula is C34H47N4O9PS. The van der Waals surface area contributed by atoms with Crippen LogP contribution in [-0.4, -0.2) is 72.9 Å². The number of sulfonamides is 1. The molecule has 13 nitrogen and oxygen atoms in total. The lowest BCUT2D eigenvalue weighted by Gasteiger charge is -2.32. The van der Waals surface area contributed by atoms with Crippen molar-refractivity contribution < 1.29 is 41.6 Å².